The summed E-state index contributed by atoms with van der Waals surface area (Å²) in [4.78, 5) is 14.8. The van der Waals surface area contributed by atoms with Crippen LogP contribution in [0, 0.1) is 5.82 Å². The molecule has 0 spiro atoms. The van der Waals surface area contributed by atoms with Crippen LogP contribution >= 0.6 is 11.8 Å². The minimum Gasteiger partial charge on any atom is -0.376 e. The van der Waals surface area contributed by atoms with Gasteiger partial charge in [0.1, 0.15) is 5.82 Å². The second-order valence-corrected chi connectivity index (χ2v) is 9.48. The quantitative estimate of drug-likeness (QED) is 0.462. The summed E-state index contributed by atoms with van der Waals surface area (Å²) < 4.78 is 21.3. The molecule has 0 aliphatic carbocycles. The summed E-state index contributed by atoms with van der Waals surface area (Å²) in [6, 6.07) is 16.6. The predicted octanol–water partition coefficient (Wildman–Crippen LogP) is 4.67. The average Bonchev–Trinajstić information content (AvgIpc) is 3.54. The Morgan fingerprint density at radius 1 is 1.09 bits per heavy atom. The molecular weight excluding hydrogens is 451 g/mol. The molecular formula is C26H27FN4O2S. The number of hydrogen-bond acceptors (Lipinski definition) is 5. The molecule has 0 unspecified atom stereocenters. The van der Waals surface area contributed by atoms with Crippen molar-refractivity contribution in [1.82, 2.24) is 19.7 Å². The van der Waals surface area contributed by atoms with Crippen LogP contribution in [0.15, 0.2) is 65.8 Å². The van der Waals surface area contributed by atoms with Gasteiger partial charge in [0.15, 0.2) is 11.0 Å². The molecule has 1 saturated heterocycles. The molecule has 0 bridgehead atoms. The summed E-state index contributed by atoms with van der Waals surface area (Å²) in [5.74, 6) is 0.754. The van der Waals surface area contributed by atoms with Crippen LogP contribution in [0.1, 0.15) is 24.8 Å². The lowest BCUT2D eigenvalue weighted by atomic mass is 10.00. The standard InChI is InChI=1S/C26H27FN4O2S/c27-22-10-8-21(9-11-22)25-28-29-26(31(25)17-23-7-4-16-33-23)34-18-24(32)30-14-12-20(13-15-30)19-5-2-1-3-6-19/h1-3,5-6,8-12,23H,4,7,13-18H2/t23-/m0/s1. The van der Waals surface area contributed by atoms with Crippen LogP contribution in [0.25, 0.3) is 17.0 Å². The first-order chi connectivity index (χ1) is 16.7. The van der Waals surface area contributed by atoms with E-state index in [2.05, 4.69) is 28.4 Å². The van der Waals surface area contributed by atoms with Crippen LogP contribution in [-0.4, -0.2) is 57.1 Å². The highest BCUT2D eigenvalue weighted by molar-refractivity contribution is 7.99. The number of rotatable bonds is 7. The van der Waals surface area contributed by atoms with E-state index in [9.17, 15) is 9.18 Å². The molecule has 8 heteroatoms. The first-order valence-corrected chi connectivity index (χ1v) is 12.6. The molecule has 3 aromatic rings. The van der Waals surface area contributed by atoms with E-state index in [1.807, 2.05) is 27.7 Å². The van der Waals surface area contributed by atoms with Gasteiger partial charge in [-0.1, -0.05) is 48.2 Å². The second-order valence-electron chi connectivity index (χ2n) is 8.53. The normalized spacial score (nSPS) is 18.2. The first-order valence-electron chi connectivity index (χ1n) is 11.6. The number of aromatic nitrogens is 3. The molecule has 1 amide bonds. The van der Waals surface area contributed by atoms with Gasteiger partial charge >= 0.3 is 0 Å². The van der Waals surface area contributed by atoms with Gasteiger partial charge in [-0.2, -0.15) is 0 Å². The minimum atomic E-state index is -0.292. The third-order valence-electron chi connectivity index (χ3n) is 6.26. The molecule has 0 saturated carbocycles. The molecule has 5 rings (SSSR count). The first kappa shape index (κ1) is 22.8. The van der Waals surface area contributed by atoms with Crippen LogP contribution in [0.4, 0.5) is 4.39 Å². The van der Waals surface area contributed by atoms with Gasteiger partial charge in [0.25, 0.3) is 0 Å². The molecule has 0 radical (unpaired) electrons. The summed E-state index contributed by atoms with van der Waals surface area (Å²) >= 11 is 1.40. The fraction of sp³-hybridized carbons (Fsp3) is 0.346. The Kier molecular flexibility index (Phi) is 7.06. The van der Waals surface area contributed by atoms with Crippen molar-refractivity contribution < 1.29 is 13.9 Å². The van der Waals surface area contributed by atoms with Crippen LogP contribution in [0.3, 0.4) is 0 Å². The molecule has 1 fully saturated rings. The molecule has 2 aromatic carbocycles. The van der Waals surface area contributed by atoms with Gasteiger partial charge in [-0.05, 0) is 54.7 Å². The van der Waals surface area contributed by atoms with Crippen LogP contribution in [0.2, 0.25) is 0 Å². The molecule has 0 N–H and O–H groups in total. The van der Waals surface area contributed by atoms with Gasteiger partial charge in [0, 0.05) is 25.3 Å². The van der Waals surface area contributed by atoms with Crippen molar-refractivity contribution in [3.8, 4) is 11.4 Å². The van der Waals surface area contributed by atoms with E-state index in [1.165, 1.54) is 35.0 Å². The zero-order chi connectivity index (χ0) is 23.3. The lowest BCUT2D eigenvalue weighted by molar-refractivity contribution is -0.127. The summed E-state index contributed by atoms with van der Waals surface area (Å²) in [5, 5.41) is 9.42. The van der Waals surface area contributed by atoms with Crippen molar-refractivity contribution >= 4 is 23.2 Å². The molecule has 1 aromatic heterocycles. The second kappa shape index (κ2) is 10.5. The zero-order valence-corrected chi connectivity index (χ0v) is 19.7. The number of hydrogen-bond donors (Lipinski definition) is 0. The summed E-state index contributed by atoms with van der Waals surface area (Å²) in [5.41, 5.74) is 3.30. The minimum absolute atomic E-state index is 0.0864. The lowest BCUT2D eigenvalue weighted by Crippen LogP contribution is -2.36. The fourth-order valence-electron chi connectivity index (χ4n) is 4.39. The highest BCUT2D eigenvalue weighted by Crippen LogP contribution is 2.28. The third kappa shape index (κ3) is 5.23. The highest BCUT2D eigenvalue weighted by Gasteiger charge is 2.24. The van der Waals surface area contributed by atoms with Gasteiger partial charge in [-0.25, -0.2) is 4.39 Å². The van der Waals surface area contributed by atoms with E-state index >= 15 is 0 Å². The molecule has 176 valence electrons. The van der Waals surface area contributed by atoms with E-state index in [1.54, 1.807) is 12.1 Å². The molecule has 3 heterocycles. The highest BCUT2D eigenvalue weighted by atomic mass is 32.2. The van der Waals surface area contributed by atoms with Crippen molar-refractivity contribution in [2.24, 2.45) is 0 Å². The van der Waals surface area contributed by atoms with E-state index in [-0.39, 0.29) is 17.8 Å². The van der Waals surface area contributed by atoms with Crippen molar-refractivity contribution in [1.29, 1.82) is 0 Å². The smallest absolute Gasteiger partial charge is 0.233 e. The number of nitrogens with zero attached hydrogens (tertiary/aromatic N) is 4. The molecule has 2 aliphatic rings. The van der Waals surface area contributed by atoms with Gasteiger partial charge in [-0.3, -0.25) is 9.36 Å². The van der Waals surface area contributed by atoms with Crippen molar-refractivity contribution in [2.45, 2.75) is 37.1 Å². The third-order valence-corrected chi connectivity index (χ3v) is 7.21. The Morgan fingerprint density at radius 3 is 2.62 bits per heavy atom. The molecule has 2 aliphatic heterocycles. The largest absolute Gasteiger partial charge is 0.376 e. The summed E-state index contributed by atoms with van der Waals surface area (Å²) in [6.07, 6.45) is 5.10. The number of carbonyl (C=O) groups is 1. The van der Waals surface area contributed by atoms with E-state index in [4.69, 9.17) is 4.74 Å². The average molecular weight is 479 g/mol. The number of ether oxygens (including phenoxy) is 1. The lowest BCUT2D eigenvalue weighted by Gasteiger charge is -2.26. The molecule has 6 nitrogen and oxygen atoms in total. The number of amides is 1. The Morgan fingerprint density at radius 2 is 1.91 bits per heavy atom. The number of halogens is 1. The van der Waals surface area contributed by atoms with Gasteiger partial charge in [-0.15, -0.1) is 10.2 Å². The topological polar surface area (TPSA) is 60.3 Å². The van der Waals surface area contributed by atoms with Gasteiger partial charge < -0.3 is 9.64 Å². The number of thioether (sulfide) groups is 1. The summed E-state index contributed by atoms with van der Waals surface area (Å²) in [6.45, 7) is 2.70. The maximum atomic E-state index is 13.4. The molecule has 34 heavy (non-hydrogen) atoms. The monoisotopic (exact) mass is 478 g/mol. The maximum absolute atomic E-state index is 13.4. The van der Waals surface area contributed by atoms with Gasteiger partial charge in [0.2, 0.25) is 5.91 Å². The predicted molar refractivity (Wildman–Crippen MR) is 131 cm³/mol. The van der Waals surface area contributed by atoms with Crippen LogP contribution < -0.4 is 0 Å². The van der Waals surface area contributed by atoms with E-state index < -0.39 is 0 Å². The van der Waals surface area contributed by atoms with Gasteiger partial charge in [0.05, 0.1) is 18.4 Å². The Hall–Kier alpha value is -2.97. The van der Waals surface area contributed by atoms with E-state index in [0.717, 1.165) is 31.4 Å². The number of carbonyl (C=O) groups excluding carboxylic acids is 1. The van der Waals surface area contributed by atoms with Crippen LogP contribution in [-0.2, 0) is 16.1 Å². The summed E-state index contributed by atoms with van der Waals surface area (Å²) in [7, 11) is 0. The Balaban J connectivity index is 1.27. The van der Waals surface area contributed by atoms with E-state index in [0.29, 0.717) is 36.4 Å². The van der Waals surface area contributed by atoms with Crippen molar-refractivity contribution in [3.05, 3.63) is 72.1 Å². The maximum Gasteiger partial charge on any atom is 0.233 e. The van der Waals surface area contributed by atoms with Crippen LogP contribution in [0.5, 0.6) is 0 Å². The number of benzene rings is 2. The van der Waals surface area contributed by atoms with Crippen molar-refractivity contribution in [2.75, 3.05) is 25.4 Å². The molecule has 1 atom stereocenters. The zero-order valence-electron chi connectivity index (χ0n) is 18.9. The fourth-order valence-corrected chi connectivity index (χ4v) is 5.24. The SMILES string of the molecule is O=C(CSc1nnc(-c2ccc(F)cc2)n1C[C@@H]1CCCO1)N1CC=C(c2ccccc2)CC1. The Labute approximate surface area is 202 Å². The Bertz CT molecular complexity index is 1160. The van der Waals surface area contributed by atoms with Crippen molar-refractivity contribution in [3.63, 3.8) is 0 Å².